The Bertz CT molecular complexity index is 1490. The molecular formula is C35H34ClNO3S. The fourth-order valence-corrected chi connectivity index (χ4v) is 6.89. The minimum absolute atomic E-state index is 0.165. The first-order valence-corrected chi connectivity index (χ1v) is 15.6. The zero-order valence-corrected chi connectivity index (χ0v) is 25.1. The minimum Gasteiger partial charge on any atom is -0.481 e. The number of aryl methyl sites for hydroxylation is 1. The second kappa shape index (κ2) is 12.0. The zero-order valence-electron chi connectivity index (χ0n) is 23.5. The molecule has 210 valence electrons. The lowest BCUT2D eigenvalue weighted by Gasteiger charge is -2.23. The highest BCUT2D eigenvalue weighted by Gasteiger charge is 2.52. The Balaban J connectivity index is 1.35. The van der Waals surface area contributed by atoms with Crippen LogP contribution in [-0.2, 0) is 9.47 Å². The summed E-state index contributed by atoms with van der Waals surface area (Å²) in [5.41, 5.74) is 6.20. The van der Waals surface area contributed by atoms with Crippen LogP contribution < -0.4 is 4.74 Å². The van der Waals surface area contributed by atoms with E-state index in [9.17, 15) is 0 Å². The molecule has 0 N–H and O–H groups in total. The molecule has 6 heteroatoms. The standard InChI is InChI=1S/C35H34ClNO3S/c1-23-14-16-30(37-34(23)38-2)28(27-15-17-31(41-3)29(36)21-27)20-24-18-19-35(22-24)39-32(25-10-6-4-7-11-25)33(40-35)26-12-8-5-9-13-26/h4-17,20-21,24,32-33H,18-19,22H2,1-3H3/b28-20+/t24-,32-,33-/m1/s1. The van der Waals surface area contributed by atoms with E-state index in [4.69, 9.17) is 30.8 Å². The van der Waals surface area contributed by atoms with Crippen LogP contribution in [0.15, 0.2) is 102 Å². The van der Waals surface area contributed by atoms with E-state index in [1.54, 1.807) is 18.9 Å². The van der Waals surface area contributed by atoms with Crippen molar-refractivity contribution in [3.8, 4) is 5.88 Å². The van der Waals surface area contributed by atoms with Crippen LogP contribution in [0.25, 0.3) is 5.57 Å². The monoisotopic (exact) mass is 583 g/mol. The maximum absolute atomic E-state index is 6.88. The van der Waals surface area contributed by atoms with Gasteiger partial charge in [0.05, 0.1) is 17.8 Å². The number of rotatable bonds is 7. The number of hydrogen-bond donors (Lipinski definition) is 0. The Labute approximate surface area is 251 Å². The van der Waals surface area contributed by atoms with Crippen molar-refractivity contribution in [3.05, 3.63) is 130 Å². The average molecular weight is 584 g/mol. The second-order valence-corrected chi connectivity index (χ2v) is 12.0. The highest BCUT2D eigenvalue weighted by Crippen LogP contribution is 2.54. The minimum atomic E-state index is -0.647. The van der Waals surface area contributed by atoms with Crippen LogP contribution in [0.4, 0.5) is 0 Å². The van der Waals surface area contributed by atoms with E-state index in [0.29, 0.717) is 5.88 Å². The van der Waals surface area contributed by atoms with Crippen LogP contribution in [0.5, 0.6) is 5.88 Å². The third-order valence-electron chi connectivity index (χ3n) is 8.07. The third kappa shape index (κ3) is 5.82. The van der Waals surface area contributed by atoms with Crippen LogP contribution in [-0.4, -0.2) is 24.1 Å². The lowest BCUT2D eigenvalue weighted by molar-refractivity contribution is -0.171. The molecule has 0 bridgehead atoms. The molecule has 6 rings (SSSR count). The van der Waals surface area contributed by atoms with Crippen molar-refractivity contribution in [2.24, 2.45) is 5.92 Å². The van der Waals surface area contributed by atoms with Gasteiger partial charge in [-0.25, -0.2) is 4.98 Å². The molecule has 2 fully saturated rings. The van der Waals surface area contributed by atoms with Crippen molar-refractivity contribution in [2.75, 3.05) is 13.4 Å². The van der Waals surface area contributed by atoms with Crippen molar-refractivity contribution < 1.29 is 14.2 Å². The number of halogens is 1. The van der Waals surface area contributed by atoms with E-state index < -0.39 is 5.79 Å². The number of allylic oxidation sites excluding steroid dienone is 1. The second-order valence-electron chi connectivity index (χ2n) is 10.8. The van der Waals surface area contributed by atoms with Crippen molar-refractivity contribution in [3.63, 3.8) is 0 Å². The van der Waals surface area contributed by atoms with Gasteiger partial charge in [0.2, 0.25) is 5.88 Å². The fraction of sp³-hybridized carbons (Fsp3) is 0.286. The van der Waals surface area contributed by atoms with Gasteiger partial charge in [-0.05, 0) is 60.4 Å². The Kier molecular flexibility index (Phi) is 8.23. The van der Waals surface area contributed by atoms with E-state index in [-0.39, 0.29) is 18.1 Å². The van der Waals surface area contributed by atoms with Gasteiger partial charge in [-0.3, -0.25) is 0 Å². The molecule has 1 spiro atoms. The number of ether oxygens (including phenoxy) is 3. The van der Waals surface area contributed by atoms with Gasteiger partial charge in [0, 0.05) is 28.9 Å². The largest absolute Gasteiger partial charge is 0.481 e. The molecule has 0 radical (unpaired) electrons. The van der Waals surface area contributed by atoms with Crippen LogP contribution in [0.2, 0.25) is 5.02 Å². The zero-order chi connectivity index (χ0) is 28.4. The Hall–Kier alpha value is -3.09. The maximum atomic E-state index is 6.88. The molecule has 3 aromatic carbocycles. The van der Waals surface area contributed by atoms with Crippen molar-refractivity contribution in [1.82, 2.24) is 4.98 Å². The van der Waals surface area contributed by atoms with E-state index in [1.165, 1.54) is 0 Å². The third-order valence-corrected chi connectivity index (χ3v) is 9.29. The number of benzene rings is 3. The lowest BCUT2D eigenvalue weighted by atomic mass is 9.95. The van der Waals surface area contributed by atoms with Crippen molar-refractivity contribution in [2.45, 2.75) is 49.1 Å². The van der Waals surface area contributed by atoms with E-state index in [0.717, 1.165) is 62.7 Å². The highest BCUT2D eigenvalue weighted by molar-refractivity contribution is 7.98. The van der Waals surface area contributed by atoms with Gasteiger partial charge in [-0.1, -0.05) is 90.5 Å². The number of thioether (sulfide) groups is 1. The predicted octanol–water partition coefficient (Wildman–Crippen LogP) is 9.23. The Morgan fingerprint density at radius 3 is 2.20 bits per heavy atom. The predicted molar refractivity (Wildman–Crippen MR) is 166 cm³/mol. The molecule has 0 unspecified atom stereocenters. The molecule has 4 nitrogen and oxygen atoms in total. The van der Waals surface area contributed by atoms with Crippen LogP contribution >= 0.6 is 23.4 Å². The molecule has 41 heavy (non-hydrogen) atoms. The number of methoxy groups -OCH3 is 1. The summed E-state index contributed by atoms with van der Waals surface area (Å²) >= 11 is 8.32. The molecule has 1 aliphatic carbocycles. The van der Waals surface area contributed by atoms with E-state index in [1.807, 2.05) is 31.4 Å². The first-order chi connectivity index (χ1) is 20.0. The van der Waals surface area contributed by atoms with Gasteiger partial charge < -0.3 is 14.2 Å². The number of hydrogen-bond acceptors (Lipinski definition) is 5. The van der Waals surface area contributed by atoms with Crippen LogP contribution in [0, 0.1) is 12.8 Å². The lowest BCUT2D eigenvalue weighted by Crippen LogP contribution is -2.26. The maximum Gasteiger partial charge on any atom is 0.216 e. The van der Waals surface area contributed by atoms with E-state index in [2.05, 4.69) is 78.9 Å². The Morgan fingerprint density at radius 1 is 0.951 bits per heavy atom. The summed E-state index contributed by atoms with van der Waals surface area (Å²) in [7, 11) is 1.66. The smallest absolute Gasteiger partial charge is 0.216 e. The number of pyridine rings is 1. The van der Waals surface area contributed by atoms with Gasteiger partial charge >= 0.3 is 0 Å². The molecule has 1 aliphatic heterocycles. The molecule has 2 heterocycles. The normalized spacial score (nSPS) is 21.9. The number of aromatic nitrogens is 1. The summed E-state index contributed by atoms with van der Waals surface area (Å²) in [6, 6.07) is 31.2. The number of nitrogens with zero attached hydrogens (tertiary/aromatic N) is 1. The SMILES string of the molecule is COc1nc(/C(=C/[C@H]2CCC3(C2)O[C@H](c2ccccc2)[C@@H](c2ccccc2)O3)c2ccc(SC)c(Cl)c2)ccc1C. The molecule has 0 amide bonds. The van der Waals surface area contributed by atoms with Gasteiger partial charge in [0.1, 0.15) is 12.2 Å². The summed E-state index contributed by atoms with van der Waals surface area (Å²) in [5, 5.41) is 0.738. The average Bonchev–Trinajstić information content (AvgIpc) is 3.59. The molecule has 4 aromatic rings. The highest BCUT2D eigenvalue weighted by atomic mass is 35.5. The van der Waals surface area contributed by atoms with Crippen molar-refractivity contribution >= 4 is 28.9 Å². The summed E-state index contributed by atoms with van der Waals surface area (Å²) in [6.07, 6.45) is 6.58. The molecular weight excluding hydrogens is 550 g/mol. The quantitative estimate of drug-likeness (QED) is 0.203. The molecule has 1 saturated heterocycles. The molecule has 2 aliphatic rings. The summed E-state index contributed by atoms with van der Waals surface area (Å²) in [4.78, 5) is 5.92. The van der Waals surface area contributed by atoms with Crippen LogP contribution in [0.3, 0.4) is 0 Å². The summed E-state index contributed by atoms with van der Waals surface area (Å²) in [6.45, 7) is 2.00. The summed E-state index contributed by atoms with van der Waals surface area (Å²) < 4.78 is 19.3. The first-order valence-electron chi connectivity index (χ1n) is 14.0. The molecule has 1 aromatic heterocycles. The first kappa shape index (κ1) is 28.0. The Morgan fingerprint density at radius 2 is 1.61 bits per heavy atom. The topological polar surface area (TPSA) is 40.6 Å². The molecule has 3 atom stereocenters. The van der Waals surface area contributed by atoms with Gasteiger partial charge in [-0.2, -0.15) is 0 Å². The molecule has 1 saturated carbocycles. The summed E-state index contributed by atoms with van der Waals surface area (Å²) in [5.74, 6) is 0.220. The van der Waals surface area contributed by atoms with Crippen LogP contribution in [0.1, 0.15) is 59.4 Å². The van der Waals surface area contributed by atoms with E-state index >= 15 is 0 Å². The fourth-order valence-electron chi connectivity index (χ4n) is 6.02. The van der Waals surface area contributed by atoms with Crippen molar-refractivity contribution in [1.29, 1.82) is 0 Å². The van der Waals surface area contributed by atoms with Gasteiger partial charge in [0.25, 0.3) is 0 Å². The van der Waals surface area contributed by atoms with Gasteiger partial charge in [0.15, 0.2) is 5.79 Å². The van der Waals surface area contributed by atoms with Gasteiger partial charge in [-0.15, -0.1) is 11.8 Å².